The van der Waals surface area contributed by atoms with Crippen LogP contribution in [-0.2, 0) is 14.4 Å². The molecule has 1 aliphatic carbocycles. The van der Waals surface area contributed by atoms with Crippen LogP contribution in [0.25, 0.3) is 0 Å². The number of aliphatic imine (C=N–C) groups is 2. The van der Waals surface area contributed by atoms with E-state index >= 15 is 0 Å². The summed E-state index contributed by atoms with van der Waals surface area (Å²) in [5, 5.41) is 9.56. The van der Waals surface area contributed by atoms with E-state index in [0.717, 1.165) is 38.5 Å². The number of hydrogen-bond donors (Lipinski definition) is 2. The van der Waals surface area contributed by atoms with Crippen LogP contribution in [0.5, 0.6) is 0 Å². The average Bonchev–Trinajstić information content (AvgIpc) is 2.84. The van der Waals surface area contributed by atoms with E-state index in [2.05, 4.69) is 32.3 Å². The molecule has 0 atom stereocenters. The van der Waals surface area contributed by atoms with Gasteiger partial charge in [0.1, 0.15) is 5.82 Å². The Morgan fingerprint density at radius 2 is 1.79 bits per heavy atom. The van der Waals surface area contributed by atoms with E-state index < -0.39 is 17.7 Å². The van der Waals surface area contributed by atoms with Gasteiger partial charge in [-0.25, -0.2) is 4.99 Å². The van der Waals surface area contributed by atoms with Gasteiger partial charge in [-0.1, -0.05) is 32.3 Å². The second-order valence-corrected chi connectivity index (χ2v) is 7.09. The van der Waals surface area contributed by atoms with Gasteiger partial charge in [-0.2, -0.15) is 14.8 Å². The molecule has 1 aromatic heterocycles. The van der Waals surface area contributed by atoms with Gasteiger partial charge in [0.2, 0.25) is 0 Å². The fourth-order valence-electron chi connectivity index (χ4n) is 3.24. The maximum Gasteiger partial charge on any atom is 0.314 e. The predicted molar refractivity (Wildman–Crippen MR) is 105 cm³/mol. The van der Waals surface area contributed by atoms with E-state index in [1.165, 1.54) is 4.68 Å². The third kappa shape index (κ3) is 4.41. The average molecular weight is 384 g/mol. The standard InChI is InChI=1S/C19H24N6O3/c1-11-10-15(25(24-11)19-20-13(3)12(2)16(26)23-19)22-18(28)17(27)21-14-8-6-4-5-7-9-14/h10,14H,2,4-9H2,1,3H3,(H,21,27)(H,22,28). The van der Waals surface area contributed by atoms with E-state index in [0.29, 0.717) is 11.4 Å². The summed E-state index contributed by atoms with van der Waals surface area (Å²) >= 11 is 0. The highest BCUT2D eigenvalue weighted by Gasteiger charge is 2.24. The Balaban J connectivity index is 1.73. The van der Waals surface area contributed by atoms with Gasteiger partial charge in [0.05, 0.1) is 17.0 Å². The summed E-state index contributed by atoms with van der Waals surface area (Å²) in [5.41, 5.74) is 1.21. The van der Waals surface area contributed by atoms with Crippen LogP contribution in [0, 0.1) is 6.92 Å². The minimum Gasteiger partial charge on any atom is -0.345 e. The lowest BCUT2D eigenvalue weighted by molar-refractivity contribution is -0.136. The summed E-state index contributed by atoms with van der Waals surface area (Å²) in [6.07, 6.45) is 6.18. The van der Waals surface area contributed by atoms with Gasteiger partial charge in [-0.05, 0) is 26.7 Å². The first-order valence-corrected chi connectivity index (χ1v) is 9.41. The van der Waals surface area contributed by atoms with Crippen LogP contribution >= 0.6 is 0 Å². The number of amides is 3. The Bertz CT molecular complexity index is 887. The second kappa shape index (κ2) is 8.28. The van der Waals surface area contributed by atoms with Crippen molar-refractivity contribution in [3.05, 3.63) is 23.9 Å². The molecule has 9 nitrogen and oxygen atoms in total. The fourth-order valence-corrected chi connectivity index (χ4v) is 3.24. The lowest BCUT2D eigenvalue weighted by Crippen LogP contribution is -2.42. The van der Waals surface area contributed by atoms with Crippen LogP contribution in [0.3, 0.4) is 0 Å². The quantitative estimate of drug-likeness (QED) is 0.458. The van der Waals surface area contributed by atoms with E-state index in [9.17, 15) is 14.4 Å². The van der Waals surface area contributed by atoms with Gasteiger partial charge in [0.25, 0.3) is 11.9 Å². The Labute approximate surface area is 163 Å². The molecule has 1 aliphatic heterocycles. The third-order valence-electron chi connectivity index (χ3n) is 4.82. The first kappa shape index (κ1) is 19.7. The van der Waals surface area contributed by atoms with Crippen molar-refractivity contribution in [3.8, 4) is 0 Å². The van der Waals surface area contributed by atoms with E-state index in [1.54, 1.807) is 19.9 Å². The molecule has 0 saturated heterocycles. The highest BCUT2D eigenvalue weighted by Crippen LogP contribution is 2.18. The van der Waals surface area contributed by atoms with Crippen molar-refractivity contribution in [2.45, 2.75) is 58.4 Å². The summed E-state index contributed by atoms with van der Waals surface area (Å²) in [7, 11) is 0. The summed E-state index contributed by atoms with van der Waals surface area (Å²) in [4.78, 5) is 44.7. The zero-order chi connectivity index (χ0) is 20.3. The fraction of sp³-hybridized carbons (Fsp3) is 0.474. The lowest BCUT2D eigenvalue weighted by Gasteiger charge is -2.16. The van der Waals surface area contributed by atoms with Crippen LogP contribution in [0.2, 0.25) is 0 Å². The molecule has 9 heteroatoms. The molecular weight excluding hydrogens is 360 g/mol. The molecule has 148 valence electrons. The number of hydrogen-bond acceptors (Lipinski definition) is 5. The van der Waals surface area contributed by atoms with Crippen LogP contribution in [0.15, 0.2) is 28.2 Å². The van der Waals surface area contributed by atoms with Crippen LogP contribution in [-0.4, -0.2) is 45.2 Å². The number of aromatic nitrogens is 2. The van der Waals surface area contributed by atoms with E-state index in [4.69, 9.17) is 0 Å². The minimum atomic E-state index is -0.793. The van der Waals surface area contributed by atoms with Crippen LogP contribution < -0.4 is 10.6 Å². The molecule has 0 spiro atoms. The molecule has 2 N–H and O–H groups in total. The minimum absolute atomic E-state index is 0.0162. The topological polar surface area (TPSA) is 118 Å². The molecule has 2 aliphatic rings. The van der Waals surface area contributed by atoms with Crippen molar-refractivity contribution < 1.29 is 14.4 Å². The molecule has 1 aromatic rings. The van der Waals surface area contributed by atoms with Crippen LogP contribution in [0.4, 0.5) is 5.82 Å². The third-order valence-corrected chi connectivity index (χ3v) is 4.82. The Kier molecular flexibility index (Phi) is 5.81. The van der Waals surface area contributed by atoms with Crippen LogP contribution in [0.1, 0.15) is 51.1 Å². The zero-order valence-electron chi connectivity index (χ0n) is 16.1. The largest absolute Gasteiger partial charge is 0.345 e. The summed E-state index contributed by atoms with van der Waals surface area (Å²) < 4.78 is 1.24. The Morgan fingerprint density at radius 1 is 1.11 bits per heavy atom. The SMILES string of the molecule is C=C1C(=O)N=C(n2nc(C)cc2NC(=O)C(=O)NC2CCCCCC2)N=C1C. The number of carbonyl (C=O) groups excluding carboxylic acids is 3. The molecule has 2 heterocycles. The normalized spacial score (nSPS) is 18.2. The molecule has 0 aromatic carbocycles. The lowest BCUT2D eigenvalue weighted by atomic mass is 10.1. The number of carbonyl (C=O) groups is 3. The molecule has 0 bridgehead atoms. The van der Waals surface area contributed by atoms with Gasteiger partial charge in [-0.3, -0.25) is 14.4 Å². The van der Waals surface area contributed by atoms with Gasteiger partial charge in [-0.15, -0.1) is 0 Å². The van der Waals surface area contributed by atoms with Crippen molar-refractivity contribution >= 4 is 35.2 Å². The molecule has 0 radical (unpaired) electrons. The van der Waals surface area contributed by atoms with Crippen molar-refractivity contribution in [3.63, 3.8) is 0 Å². The first-order chi connectivity index (χ1) is 13.3. The van der Waals surface area contributed by atoms with Gasteiger partial charge in [0, 0.05) is 12.1 Å². The zero-order valence-corrected chi connectivity index (χ0v) is 16.1. The number of rotatable bonds is 2. The summed E-state index contributed by atoms with van der Waals surface area (Å²) in [5.74, 6) is -1.76. The monoisotopic (exact) mass is 384 g/mol. The highest BCUT2D eigenvalue weighted by atomic mass is 16.2. The highest BCUT2D eigenvalue weighted by molar-refractivity contribution is 6.39. The number of aryl methyl sites for hydroxylation is 1. The molecule has 0 unspecified atom stereocenters. The van der Waals surface area contributed by atoms with Gasteiger partial charge < -0.3 is 10.6 Å². The van der Waals surface area contributed by atoms with Crippen molar-refractivity contribution in [1.82, 2.24) is 15.1 Å². The molecule has 3 amide bonds. The van der Waals surface area contributed by atoms with Crippen molar-refractivity contribution in [2.24, 2.45) is 9.98 Å². The molecule has 1 fully saturated rings. The van der Waals surface area contributed by atoms with Crippen molar-refractivity contribution in [1.29, 1.82) is 0 Å². The van der Waals surface area contributed by atoms with Crippen molar-refractivity contribution in [2.75, 3.05) is 5.32 Å². The second-order valence-electron chi connectivity index (χ2n) is 7.09. The predicted octanol–water partition coefficient (Wildman–Crippen LogP) is 1.73. The van der Waals surface area contributed by atoms with Gasteiger partial charge in [0.15, 0.2) is 0 Å². The number of nitrogens with one attached hydrogen (secondary N) is 2. The molecule has 28 heavy (non-hydrogen) atoms. The maximum absolute atomic E-state index is 12.4. The van der Waals surface area contributed by atoms with E-state index in [1.807, 2.05) is 0 Å². The summed E-state index contributed by atoms with van der Waals surface area (Å²) in [6.45, 7) is 6.99. The molecular formula is C19H24N6O3. The number of nitrogens with zero attached hydrogens (tertiary/aromatic N) is 4. The Morgan fingerprint density at radius 3 is 2.43 bits per heavy atom. The molecule has 1 saturated carbocycles. The summed E-state index contributed by atoms with van der Waals surface area (Å²) in [6, 6.07) is 1.60. The number of anilines is 1. The Hall–Kier alpha value is -3.10. The van der Waals surface area contributed by atoms with Gasteiger partial charge >= 0.3 is 11.8 Å². The van der Waals surface area contributed by atoms with E-state index in [-0.39, 0.29) is 23.4 Å². The first-order valence-electron chi connectivity index (χ1n) is 9.41. The maximum atomic E-state index is 12.4. The smallest absolute Gasteiger partial charge is 0.314 e. The molecule has 3 rings (SSSR count).